The van der Waals surface area contributed by atoms with Gasteiger partial charge in [0.05, 0.1) is 0 Å². The Hall–Kier alpha value is -1.58. The van der Waals surface area contributed by atoms with Crippen molar-refractivity contribution in [1.82, 2.24) is 15.1 Å². The molecule has 0 spiro atoms. The molecule has 0 radical (unpaired) electrons. The second-order valence-corrected chi connectivity index (χ2v) is 5.61. The lowest BCUT2D eigenvalue weighted by Crippen LogP contribution is -2.34. The molecule has 0 aliphatic carbocycles. The van der Waals surface area contributed by atoms with Gasteiger partial charge in [0, 0.05) is 18.8 Å². The Morgan fingerprint density at radius 1 is 1.61 bits per heavy atom. The van der Waals surface area contributed by atoms with Crippen LogP contribution >= 0.6 is 0 Å². The van der Waals surface area contributed by atoms with Gasteiger partial charge in [0.25, 0.3) is 5.91 Å². The van der Waals surface area contributed by atoms with E-state index in [2.05, 4.69) is 30.8 Å². The van der Waals surface area contributed by atoms with Gasteiger partial charge in [0.1, 0.15) is 5.69 Å². The number of nitrogens with zero attached hydrogens (tertiary/aromatic N) is 2. The average Bonchev–Trinajstić information content (AvgIpc) is 2.75. The van der Waals surface area contributed by atoms with Crippen molar-refractivity contribution in [2.24, 2.45) is 5.41 Å². The summed E-state index contributed by atoms with van der Waals surface area (Å²) >= 11 is 0. The minimum absolute atomic E-state index is 0.0258. The first-order valence-corrected chi connectivity index (χ1v) is 6.30. The third-order valence-corrected chi connectivity index (χ3v) is 2.79. The van der Waals surface area contributed by atoms with Crippen LogP contribution in [0.1, 0.15) is 50.6 Å². The van der Waals surface area contributed by atoms with Crippen LogP contribution in [0.3, 0.4) is 0 Å². The summed E-state index contributed by atoms with van der Waals surface area (Å²) in [5.74, 6) is -0.119. The van der Waals surface area contributed by atoms with E-state index in [-0.39, 0.29) is 17.4 Å². The van der Waals surface area contributed by atoms with Crippen molar-refractivity contribution in [2.75, 3.05) is 6.54 Å². The first kappa shape index (κ1) is 14.5. The van der Waals surface area contributed by atoms with Crippen LogP contribution in [0.15, 0.2) is 24.9 Å². The smallest absolute Gasteiger partial charge is 0.271 e. The lowest BCUT2D eigenvalue weighted by molar-refractivity contribution is 0.0931. The van der Waals surface area contributed by atoms with Gasteiger partial charge in [-0.2, -0.15) is 5.10 Å². The minimum atomic E-state index is -0.119. The first-order chi connectivity index (χ1) is 8.35. The number of hydrogen-bond acceptors (Lipinski definition) is 2. The highest BCUT2D eigenvalue weighted by Gasteiger charge is 2.18. The highest BCUT2D eigenvalue weighted by Crippen LogP contribution is 2.19. The quantitative estimate of drug-likeness (QED) is 0.788. The molecule has 18 heavy (non-hydrogen) atoms. The van der Waals surface area contributed by atoms with Crippen molar-refractivity contribution in [3.8, 4) is 0 Å². The van der Waals surface area contributed by atoms with Crippen molar-refractivity contribution in [3.05, 3.63) is 30.6 Å². The molecule has 1 aromatic heterocycles. The summed E-state index contributed by atoms with van der Waals surface area (Å²) in [7, 11) is 0. The van der Waals surface area contributed by atoms with E-state index in [1.807, 2.05) is 26.1 Å². The number of carbonyl (C=O) groups is 1. The van der Waals surface area contributed by atoms with Crippen LogP contribution < -0.4 is 5.32 Å². The average molecular weight is 249 g/mol. The van der Waals surface area contributed by atoms with Crippen molar-refractivity contribution >= 4 is 5.91 Å². The summed E-state index contributed by atoms with van der Waals surface area (Å²) in [5.41, 5.74) is 0.496. The Kier molecular flexibility index (Phi) is 4.70. The number of amides is 1. The zero-order valence-corrected chi connectivity index (χ0v) is 11.7. The summed E-state index contributed by atoms with van der Waals surface area (Å²) in [4.78, 5) is 11.9. The van der Waals surface area contributed by atoms with Crippen LogP contribution in [-0.2, 0) is 0 Å². The van der Waals surface area contributed by atoms with E-state index < -0.39 is 0 Å². The number of allylic oxidation sites excluding steroid dienone is 1. The number of rotatable bonds is 6. The molecular formula is C14H23N3O. The van der Waals surface area contributed by atoms with Crippen LogP contribution in [0, 0.1) is 5.41 Å². The Labute approximate surface area is 109 Å². The van der Waals surface area contributed by atoms with E-state index in [0.717, 1.165) is 6.42 Å². The van der Waals surface area contributed by atoms with Gasteiger partial charge in [-0.25, -0.2) is 0 Å². The van der Waals surface area contributed by atoms with Gasteiger partial charge in [-0.15, -0.1) is 6.58 Å². The summed E-state index contributed by atoms with van der Waals surface area (Å²) in [6.07, 6.45) is 4.57. The molecule has 0 aliphatic heterocycles. The zero-order valence-electron chi connectivity index (χ0n) is 11.7. The molecule has 1 amide bonds. The van der Waals surface area contributed by atoms with Gasteiger partial charge in [-0.1, -0.05) is 19.9 Å². The molecule has 0 saturated carbocycles. The third-order valence-electron chi connectivity index (χ3n) is 2.79. The number of nitrogens with one attached hydrogen (secondary N) is 1. The van der Waals surface area contributed by atoms with Crippen molar-refractivity contribution < 1.29 is 4.79 Å². The van der Waals surface area contributed by atoms with E-state index in [0.29, 0.717) is 12.2 Å². The number of hydrogen-bond donors (Lipinski definition) is 1. The molecule has 1 heterocycles. The topological polar surface area (TPSA) is 46.9 Å². The van der Waals surface area contributed by atoms with Crippen LogP contribution in [0.5, 0.6) is 0 Å². The second-order valence-electron chi connectivity index (χ2n) is 5.61. The van der Waals surface area contributed by atoms with Crippen LogP contribution in [0.4, 0.5) is 0 Å². The third kappa shape index (κ3) is 4.02. The standard InChI is InChI=1S/C14H23N3O/c1-6-8-14(4,5)10-15-13(18)12-7-9-17(16-12)11(2)3/h6-7,9,11H,1,8,10H2,2-5H3,(H,15,18). The molecule has 4 nitrogen and oxygen atoms in total. The predicted octanol–water partition coefficient (Wildman–Crippen LogP) is 2.80. The van der Waals surface area contributed by atoms with Gasteiger partial charge in [-0.3, -0.25) is 9.48 Å². The Morgan fingerprint density at radius 2 is 2.28 bits per heavy atom. The molecule has 0 saturated heterocycles. The SMILES string of the molecule is C=CCC(C)(C)CNC(=O)c1ccn(C(C)C)n1. The highest BCUT2D eigenvalue weighted by molar-refractivity contribution is 5.92. The molecular weight excluding hydrogens is 226 g/mol. The second kappa shape index (κ2) is 5.85. The van der Waals surface area contributed by atoms with Crippen molar-refractivity contribution in [2.45, 2.75) is 40.2 Å². The summed E-state index contributed by atoms with van der Waals surface area (Å²) in [6.45, 7) is 12.6. The fourth-order valence-corrected chi connectivity index (χ4v) is 1.62. The van der Waals surface area contributed by atoms with E-state index in [4.69, 9.17) is 0 Å². The van der Waals surface area contributed by atoms with Crippen LogP contribution in [0.25, 0.3) is 0 Å². The maximum atomic E-state index is 11.9. The molecule has 0 bridgehead atoms. The monoisotopic (exact) mass is 249 g/mol. The van der Waals surface area contributed by atoms with Crippen LogP contribution in [0.2, 0.25) is 0 Å². The van der Waals surface area contributed by atoms with E-state index >= 15 is 0 Å². The maximum Gasteiger partial charge on any atom is 0.271 e. The van der Waals surface area contributed by atoms with Crippen LogP contribution in [-0.4, -0.2) is 22.2 Å². The maximum absolute atomic E-state index is 11.9. The first-order valence-electron chi connectivity index (χ1n) is 6.30. The normalized spacial score (nSPS) is 11.6. The Bertz CT molecular complexity index is 418. The number of carbonyl (C=O) groups excluding carboxylic acids is 1. The molecule has 4 heteroatoms. The molecule has 0 unspecified atom stereocenters. The molecule has 0 fully saturated rings. The molecule has 0 aromatic carbocycles. The lowest BCUT2D eigenvalue weighted by Gasteiger charge is -2.22. The molecule has 0 aliphatic rings. The largest absolute Gasteiger partial charge is 0.350 e. The molecule has 0 atom stereocenters. The van der Waals surface area contributed by atoms with Crippen molar-refractivity contribution in [3.63, 3.8) is 0 Å². The highest BCUT2D eigenvalue weighted by atomic mass is 16.1. The van der Waals surface area contributed by atoms with Gasteiger partial charge >= 0.3 is 0 Å². The predicted molar refractivity (Wildman–Crippen MR) is 73.5 cm³/mol. The molecule has 1 rings (SSSR count). The molecule has 1 aromatic rings. The molecule has 1 N–H and O–H groups in total. The fraction of sp³-hybridized carbons (Fsp3) is 0.571. The Morgan fingerprint density at radius 3 is 2.78 bits per heavy atom. The fourth-order valence-electron chi connectivity index (χ4n) is 1.62. The summed E-state index contributed by atoms with van der Waals surface area (Å²) < 4.78 is 1.78. The lowest BCUT2D eigenvalue weighted by atomic mass is 9.89. The van der Waals surface area contributed by atoms with Gasteiger partial charge < -0.3 is 5.32 Å². The van der Waals surface area contributed by atoms with Gasteiger partial charge in [-0.05, 0) is 31.7 Å². The van der Waals surface area contributed by atoms with Crippen molar-refractivity contribution in [1.29, 1.82) is 0 Å². The minimum Gasteiger partial charge on any atom is -0.350 e. The summed E-state index contributed by atoms with van der Waals surface area (Å²) in [6, 6.07) is 2.01. The van der Waals surface area contributed by atoms with E-state index in [1.54, 1.807) is 10.7 Å². The van der Waals surface area contributed by atoms with E-state index in [9.17, 15) is 4.79 Å². The number of aromatic nitrogens is 2. The Balaban J connectivity index is 2.57. The zero-order chi connectivity index (χ0) is 13.8. The molecule has 100 valence electrons. The summed E-state index contributed by atoms with van der Waals surface area (Å²) in [5, 5.41) is 7.15. The van der Waals surface area contributed by atoms with E-state index in [1.165, 1.54) is 0 Å². The van der Waals surface area contributed by atoms with Gasteiger partial charge in [0.15, 0.2) is 0 Å². The van der Waals surface area contributed by atoms with Gasteiger partial charge in [0.2, 0.25) is 0 Å².